The van der Waals surface area contributed by atoms with Crippen molar-refractivity contribution >= 4 is 71.1 Å². The van der Waals surface area contributed by atoms with Crippen LogP contribution in [0.15, 0.2) is 120 Å². The van der Waals surface area contributed by atoms with Gasteiger partial charge in [-0.05, 0) is 46.5 Å². The summed E-state index contributed by atoms with van der Waals surface area (Å²) in [6.07, 6.45) is 0. The largest absolute Gasteiger partial charge is 0.354 e. The zero-order valence-electron chi connectivity index (χ0n) is 22.7. The van der Waals surface area contributed by atoms with Crippen molar-refractivity contribution in [2.24, 2.45) is 0 Å². The van der Waals surface area contributed by atoms with Crippen LogP contribution in [0.2, 0.25) is 0 Å². The quantitative estimate of drug-likeness (QED) is 0.178. The van der Waals surface area contributed by atoms with Crippen molar-refractivity contribution in [3.63, 3.8) is 0 Å². The summed E-state index contributed by atoms with van der Waals surface area (Å²) in [6, 6.07) is 38.3. The molecule has 0 radical (unpaired) electrons. The predicted molar refractivity (Wildman–Crippen MR) is 177 cm³/mol. The molecule has 0 bridgehead atoms. The summed E-state index contributed by atoms with van der Waals surface area (Å²) in [5.74, 6) is 0.236. The van der Waals surface area contributed by atoms with Crippen molar-refractivity contribution in [3.05, 3.63) is 142 Å². The van der Waals surface area contributed by atoms with E-state index in [0.717, 1.165) is 87.2 Å². The number of H-pyrrole nitrogens is 2. The first kappa shape index (κ1) is 24.3. The van der Waals surface area contributed by atoms with Crippen LogP contribution in [0.3, 0.4) is 0 Å². The lowest BCUT2D eigenvalue weighted by Crippen LogP contribution is -1.95. The number of halogens is 1. The monoisotopic (exact) mass is 616 g/mol. The Morgan fingerprint density at radius 3 is 1.51 bits per heavy atom. The van der Waals surface area contributed by atoms with Gasteiger partial charge in [-0.1, -0.05) is 107 Å². The van der Waals surface area contributed by atoms with Crippen molar-refractivity contribution in [2.75, 3.05) is 0 Å². The molecule has 8 aromatic rings. The molecule has 2 aliphatic rings. The third kappa shape index (κ3) is 3.37. The van der Waals surface area contributed by atoms with Crippen molar-refractivity contribution in [3.8, 4) is 22.3 Å². The van der Waals surface area contributed by atoms with Crippen molar-refractivity contribution in [2.45, 2.75) is 0 Å². The Hall–Kier alpha value is -5.26. The number of aromatic nitrogens is 2. The minimum absolute atomic E-state index is 0.113. The molecule has 6 aromatic carbocycles. The lowest BCUT2D eigenvalue weighted by Gasteiger charge is -2.00. The maximum absolute atomic E-state index is 12.8. The highest BCUT2D eigenvalue weighted by molar-refractivity contribution is 9.10. The predicted octanol–water partition coefficient (Wildman–Crippen LogP) is 9.83. The SMILES string of the molecule is O=C1c2ccccc2-c2ccc3c([nH]c4ccc(Br)cc43)c21.O=C1c2ccccc2-c2ccc3c([nH]c4ccccc43)c21. The molecule has 2 N–H and O–H groups in total. The standard InChI is InChI=1S/C19H10BrNO.C19H11NO/c20-10-5-8-16-15(9-10)13-7-6-12-11-3-1-2-4-14(11)19(22)17(12)18(13)21-16;21-19-15-7-2-1-5-11(15)13-9-10-14-12-6-3-4-8-16(12)20-18(14)17(13)19/h1-9,21H;1-10,20H. The highest BCUT2D eigenvalue weighted by Crippen LogP contribution is 2.43. The average molecular weight is 618 g/mol. The third-order valence-electron chi connectivity index (χ3n) is 8.80. The molecule has 0 fully saturated rings. The number of fused-ring (bicyclic) bond motifs is 14. The van der Waals surface area contributed by atoms with Crippen LogP contribution in [-0.2, 0) is 0 Å². The second-order valence-electron chi connectivity index (χ2n) is 11.1. The van der Waals surface area contributed by atoms with E-state index in [9.17, 15) is 9.59 Å². The van der Waals surface area contributed by atoms with Gasteiger partial charge in [-0.3, -0.25) is 9.59 Å². The number of nitrogens with one attached hydrogen (secondary N) is 2. The first-order chi connectivity index (χ1) is 21.1. The van der Waals surface area contributed by atoms with Gasteiger partial charge in [0.2, 0.25) is 0 Å². The molecule has 0 atom stereocenters. The van der Waals surface area contributed by atoms with Crippen LogP contribution < -0.4 is 0 Å². The summed E-state index contributed by atoms with van der Waals surface area (Å²) in [4.78, 5) is 32.4. The molecule has 202 valence electrons. The second kappa shape index (κ2) is 8.87. The highest BCUT2D eigenvalue weighted by Gasteiger charge is 2.30. The smallest absolute Gasteiger partial charge is 0.196 e. The molecule has 4 nitrogen and oxygen atoms in total. The van der Waals surface area contributed by atoms with Crippen LogP contribution in [0.5, 0.6) is 0 Å². The van der Waals surface area contributed by atoms with Crippen molar-refractivity contribution in [1.82, 2.24) is 9.97 Å². The zero-order valence-corrected chi connectivity index (χ0v) is 24.3. The molecule has 0 amide bonds. The van der Waals surface area contributed by atoms with Crippen LogP contribution >= 0.6 is 15.9 Å². The number of hydrogen-bond donors (Lipinski definition) is 2. The van der Waals surface area contributed by atoms with E-state index in [2.05, 4.69) is 62.3 Å². The zero-order chi connectivity index (χ0) is 28.8. The molecule has 43 heavy (non-hydrogen) atoms. The van der Waals surface area contributed by atoms with E-state index >= 15 is 0 Å². The summed E-state index contributed by atoms with van der Waals surface area (Å²) in [5.41, 5.74) is 11.4. The normalized spacial score (nSPS) is 12.9. The molecule has 0 unspecified atom stereocenters. The molecule has 2 aromatic heterocycles. The minimum atomic E-state index is 0.113. The van der Waals surface area contributed by atoms with E-state index in [1.165, 1.54) is 5.39 Å². The fourth-order valence-corrected chi connectivity index (χ4v) is 7.24. The summed E-state index contributed by atoms with van der Waals surface area (Å²) in [6.45, 7) is 0. The van der Waals surface area contributed by atoms with Crippen LogP contribution in [0, 0.1) is 0 Å². The van der Waals surface area contributed by atoms with Gasteiger partial charge >= 0.3 is 0 Å². The van der Waals surface area contributed by atoms with Gasteiger partial charge in [-0.25, -0.2) is 0 Å². The first-order valence-electron chi connectivity index (χ1n) is 14.1. The Balaban J connectivity index is 0.000000121. The number of carbonyl (C=O) groups is 2. The van der Waals surface area contributed by atoms with Gasteiger partial charge in [0, 0.05) is 48.2 Å². The van der Waals surface area contributed by atoms with E-state index in [1.807, 2.05) is 78.9 Å². The average Bonchev–Trinajstić information content (AvgIpc) is 3.76. The van der Waals surface area contributed by atoms with E-state index in [-0.39, 0.29) is 11.6 Å². The Morgan fingerprint density at radius 2 is 0.907 bits per heavy atom. The van der Waals surface area contributed by atoms with Crippen LogP contribution in [-0.4, -0.2) is 21.5 Å². The summed E-state index contributed by atoms with van der Waals surface area (Å²) >= 11 is 3.52. The van der Waals surface area contributed by atoms with Crippen LogP contribution in [0.4, 0.5) is 0 Å². The molecule has 0 aliphatic heterocycles. The number of ketones is 2. The Labute approximate surface area is 254 Å². The minimum Gasteiger partial charge on any atom is -0.354 e. The number of aromatic amines is 2. The number of carbonyl (C=O) groups excluding carboxylic acids is 2. The molecule has 5 heteroatoms. The highest BCUT2D eigenvalue weighted by atomic mass is 79.9. The molecule has 0 saturated carbocycles. The summed E-state index contributed by atoms with van der Waals surface area (Å²) < 4.78 is 1.04. The van der Waals surface area contributed by atoms with Gasteiger partial charge in [0.1, 0.15) is 0 Å². The number of hydrogen-bond acceptors (Lipinski definition) is 2. The van der Waals surface area contributed by atoms with Gasteiger partial charge in [0.05, 0.1) is 22.2 Å². The fourth-order valence-electron chi connectivity index (χ4n) is 6.88. The molecule has 0 saturated heterocycles. The first-order valence-corrected chi connectivity index (χ1v) is 14.9. The van der Waals surface area contributed by atoms with E-state index in [1.54, 1.807) is 0 Å². The molecule has 0 spiro atoms. The Kier molecular flexibility index (Phi) is 5.02. The van der Waals surface area contributed by atoms with Crippen LogP contribution in [0.1, 0.15) is 31.8 Å². The van der Waals surface area contributed by atoms with Crippen molar-refractivity contribution in [1.29, 1.82) is 0 Å². The van der Waals surface area contributed by atoms with E-state index < -0.39 is 0 Å². The summed E-state index contributed by atoms with van der Waals surface area (Å²) in [7, 11) is 0. The molecular formula is C38H21BrN2O2. The summed E-state index contributed by atoms with van der Waals surface area (Å²) in [5, 5.41) is 4.51. The number of para-hydroxylation sites is 1. The maximum atomic E-state index is 12.8. The lowest BCUT2D eigenvalue weighted by atomic mass is 10.0. The Morgan fingerprint density at radius 1 is 0.419 bits per heavy atom. The molecule has 10 rings (SSSR count). The van der Waals surface area contributed by atoms with Gasteiger partial charge < -0.3 is 9.97 Å². The number of rotatable bonds is 0. The second-order valence-corrected chi connectivity index (χ2v) is 12.0. The molecule has 2 aliphatic carbocycles. The fraction of sp³-hybridized carbons (Fsp3) is 0. The topological polar surface area (TPSA) is 65.7 Å². The van der Waals surface area contributed by atoms with Gasteiger partial charge in [0.15, 0.2) is 11.6 Å². The Bertz CT molecular complexity index is 2520. The van der Waals surface area contributed by atoms with Crippen molar-refractivity contribution < 1.29 is 9.59 Å². The molecule has 2 heterocycles. The lowest BCUT2D eigenvalue weighted by molar-refractivity contribution is 0.103. The van der Waals surface area contributed by atoms with Crippen LogP contribution in [0.25, 0.3) is 65.9 Å². The third-order valence-corrected chi connectivity index (χ3v) is 9.29. The van der Waals surface area contributed by atoms with E-state index in [4.69, 9.17) is 0 Å². The maximum Gasteiger partial charge on any atom is 0.196 e. The number of benzene rings is 6. The van der Waals surface area contributed by atoms with E-state index in [0.29, 0.717) is 0 Å². The van der Waals surface area contributed by atoms with Gasteiger partial charge in [0.25, 0.3) is 0 Å². The van der Waals surface area contributed by atoms with Gasteiger partial charge in [-0.15, -0.1) is 0 Å². The van der Waals surface area contributed by atoms with Gasteiger partial charge in [-0.2, -0.15) is 0 Å². The molecular weight excluding hydrogens is 596 g/mol.